The third-order valence-corrected chi connectivity index (χ3v) is 2.35. The first-order valence-corrected chi connectivity index (χ1v) is 4.97. The average Bonchev–Trinajstić information content (AvgIpc) is 2.29. The van der Waals surface area contributed by atoms with Crippen molar-refractivity contribution in [2.24, 2.45) is 5.84 Å². The summed E-state index contributed by atoms with van der Waals surface area (Å²) in [7, 11) is 3.06. The van der Waals surface area contributed by atoms with Gasteiger partial charge in [-0.1, -0.05) is 12.1 Å². The maximum absolute atomic E-state index is 13.0. The minimum Gasteiger partial charge on any atom is -0.354 e. The van der Waals surface area contributed by atoms with Crippen LogP contribution in [0.2, 0.25) is 0 Å². The van der Waals surface area contributed by atoms with Crippen molar-refractivity contribution in [3.05, 3.63) is 35.6 Å². The van der Waals surface area contributed by atoms with Crippen LogP contribution in [0.15, 0.2) is 24.3 Å². The van der Waals surface area contributed by atoms with Crippen molar-refractivity contribution in [1.29, 1.82) is 0 Å². The molecule has 0 heterocycles. The second-order valence-corrected chi connectivity index (χ2v) is 3.45. The van der Waals surface area contributed by atoms with Gasteiger partial charge in [0.25, 0.3) is 0 Å². The SMILES string of the molecule is COC(OC)C(Cc1cccc(F)c1)NN. The summed E-state index contributed by atoms with van der Waals surface area (Å²) in [5.41, 5.74) is 3.43. The molecule has 1 aromatic carbocycles. The number of nitrogens with one attached hydrogen (secondary N) is 1. The summed E-state index contributed by atoms with van der Waals surface area (Å²) in [5, 5.41) is 0. The molecule has 0 fully saturated rings. The average molecular weight is 228 g/mol. The number of rotatable bonds is 6. The Morgan fingerprint density at radius 3 is 2.56 bits per heavy atom. The zero-order chi connectivity index (χ0) is 12.0. The zero-order valence-electron chi connectivity index (χ0n) is 9.44. The van der Waals surface area contributed by atoms with Gasteiger partial charge >= 0.3 is 0 Å². The number of hydrogen-bond donors (Lipinski definition) is 2. The number of benzene rings is 1. The molecule has 3 N–H and O–H groups in total. The van der Waals surface area contributed by atoms with Gasteiger partial charge in [-0.15, -0.1) is 0 Å². The van der Waals surface area contributed by atoms with E-state index < -0.39 is 6.29 Å². The second kappa shape index (κ2) is 6.55. The lowest BCUT2D eigenvalue weighted by molar-refractivity contribution is -0.122. The molecule has 0 radical (unpaired) electrons. The minimum absolute atomic E-state index is 0.225. The van der Waals surface area contributed by atoms with E-state index in [1.54, 1.807) is 6.07 Å². The highest BCUT2D eigenvalue weighted by Gasteiger charge is 2.19. The lowest BCUT2D eigenvalue weighted by Crippen LogP contribution is -2.47. The van der Waals surface area contributed by atoms with E-state index in [4.69, 9.17) is 15.3 Å². The fraction of sp³-hybridized carbons (Fsp3) is 0.455. The van der Waals surface area contributed by atoms with Crippen LogP contribution in [-0.4, -0.2) is 26.6 Å². The number of ether oxygens (including phenoxy) is 2. The van der Waals surface area contributed by atoms with Crippen molar-refractivity contribution < 1.29 is 13.9 Å². The minimum atomic E-state index is -0.465. The van der Waals surface area contributed by atoms with Crippen molar-refractivity contribution in [1.82, 2.24) is 5.43 Å². The van der Waals surface area contributed by atoms with Crippen LogP contribution < -0.4 is 11.3 Å². The molecule has 0 aromatic heterocycles. The molecule has 0 saturated heterocycles. The summed E-state index contributed by atoms with van der Waals surface area (Å²) >= 11 is 0. The molecule has 5 heteroatoms. The van der Waals surface area contributed by atoms with Gasteiger partial charge in [0.1, 0.15) is 5.82 Å². The number of hydrogen-bond acceptors (Lipinski definition) is 4. The van der Waals surface area contributed by atoms with Crippen LogP contribution in [0.4, 0.5) is 4.39 Å². The molecule has 0 bridgehead atoms. The van der Waals surface area contributed by atoms with E-state index in [-0.39, 0.29) is 11.9 Å². The van der Waals surface area contributed by atoms with Crippen molar-refractivity contribution in [2.75, 3.05) is 14.2 Å². The van der Waals surface area contributed by atoms with Gasteiger partial charge in [-0.05, 0) is 24.1 Å². The van der Waals surface area contributed by atoms with Gasteiger partial charge in [0.05, 0.1) is 6.04 Å². The third-order valence-electron chi connectivity index (χ3n) is 2.35. The van der Waals surface area contributed by atoms with E-state index in [0.717, 1.165) is 5.56 Å². The van der Waals surface area contributed by atoms with E-state index in [1.165, 1.54) is 26.4 Å². The Balaban J connectivity index is 2.69. The van der Waals surface area contributed by atoms with Crippen LogP contribution in [-0.2, 0) is 15.9 Å². The van der Waals surface area contributed by atoms with Crippen LogP contribution in [0.1, 0.15) is 5.56 Å². The van der Waals surface area contributed by atoms with Crippen molar-refractivity contribution >= 4 is 0 Å². The van der Waals surface area contributed by atoms with E-state index in [2.05, 4.69) is 5.43 Å². The molecule has 90 valence electrons. The molecule has 16 heavy (non-hydrogen) atoms. The fourth-order valence-corrected chi connectivity index (χ4v) is 1.58. The fourth-order valence-electron chi connectivity index (χ4n) is 1.58. The highest BCUT2D eigenvalue weighted by Crippen LogP contribution is 2.10. The van der Waals surface area contributed by atoms with Gasteiger partial charge in [-0.25, -0.2) is 4.39 Å². The topological polar surface area (TPSA) is 56.5 Å². The number of halogens is 1. The first-order chi connectivity index (χ1) is 7.71. The van der Waals surface area contributed by atoms with E-state index in [0.29, 0.717) is 6.42 Å². The Kier molecular flexibility index (Phi) is 5.34. The predicted octanol–water partition coefficient (Wildman–Crippen LogP) is 0.819. The molecule has 4 nitrogen and oxygen atoms in total. The zero-order valence-corrected chi connectivity index (χ0v) is 9.44. The third kappa shape index (κ3) is 3.53. The summed E-state index contributed by atoms with van der Waals surface area (Å²) in [5.74, 6) is 5.14. The van der Waals surface area contributed by atoms with Crippen molar-refractivity contribution in [2.45, 2.75) is 18.8 Å². The van der Waals surface area contributed by atoms with Crippen molar-refractivity contribution in [3.63, 3.8) is 0 Å². The van der Waals surface area contributed by atoms with Gasteiger partial charge in [-0.3, -0.25) is 11.3 Å². The van der Waals surface area contributed by atoms with Crippen LogP contribution in [0.25, 0.3) is 0 Å². The van der Waals surface area contributed by atoms with Crippen molar-refractivity contribution in [3.8, 4) is 0 Å². The van der Waals surface area contributed by atoms with Crippen LogP contribution in [0.3, 0.4) is 0 Å². The smallest absolute Gasteiger partial charge is 0.173 e. The Morgan fingerprint density at radius 1 is 1.38 bits per heavy atom. The summed E-state index contributed by atoms with van der Waals surface area (Å²) in [4.78, 5) is 0. The molecule has 0 aliphatic carbocycles. The molecule has 1 aromatic rings. The molecule has 1 unspecified atom stereocenters. The molecule has 0 saturated carbocycles. The Morgan fingerprint density at radius 2 is 2.06 bits per heavy atom. The predicted molar refractivity (Wildman–Crippen MR) is 59.0 cm³/mol. The first-order valence-electron chi connectivity index (χ1n) is 4.97. The first kappa shape index (κ1) is 13.1. The van der Waals surface area contributed by atoms with Gasteiger partial charge in [0, 0.05) is 14.2 Å². The molecule has 0 spiro atoms. The molecule has 0 aliphatic heterocycles. The highest BCUT2D eigenvalue weighted by atomic mass is 19.1. The molecular weight excluding hydrogens is 211 g/mol. The van der Waals surface area contributed by atoms with Crippen LogP contribution in [0, 0.1) is 5.82 Å². The van der Waals surface area contributed by atoms with Gasteiger partial charge in [0.2, 0.25) is 0 Å². The summed E-state index contributed by atoms with van der Waals surface area (Å²) < 4.78 is 23.2. The Labute approximate surface area is 94.5 Å². The van der Waals surface area contributed by atoms with E-state index >= 15 is 0 Å². The monoisotopic (exact) mass is 228 g/mol. The van der Waals surface area contributed by atoms with Crippen LogP contribution >= 0.6 is 0 Å². The molecule has 1 rings (SSSR count). The van der Waals surface area contributed by atoms with Gasteiger partial charge < -0.3 is 9.47 Å². The molecular formula is C11H17FN2O2. The largest absolute Gasteiger partial charge is 0.354 e. The van der Waals surface area contributed by atoms with Gasteiger partial charge in [0.15, 0.2) is 6.29 Å². The van der Waals surface area contributed by atoms with E-state index in [1.807, 2.05) is 6.07 Å². The quantitative estimate of drug-likeness (QED) is 0.430. The number of hydrazine groups is 1. The van der Waals surface area contributed by atoms with E-state index in [9.17, 15) is 4.39 Å². The standard InChI is InChI=1S/C11H17FN2O2/c1-15-11(16-2)10(14-13)7-8-4-3-5-9(12)6-8/h3-6,10-11,14H,7,13H2,1-2H3. The Bertz CT molecular complexity index is 319. The molecule has 0 aliphatic rings. The molecule has 0 amide bonds. The maximum atomic E-state index is 13.0. The summed E-state index contributed by atoms with van der Waals surface area (Å²) in [6, 6.07) is 6.13. The second-order valence-electron chi connectivity index (χ2n) is 3.45. The summed E-state index contributed by atoms with van der Waals surface area (Å²) in [6.07, 6.45) is 0.0638. The lowest BCUT2D eigenvalue weighted by atomic mass is 10.1. The normalized spacial score (nSPS) is 13.1. The van der Waals surface area contributed by atoms with Crippen LogP contribution in [0.5, 0.6) is 0 Å². The maximum Gasteiger partial charge on any atom is 0.173 e. The Hall–Kier alpha value is -1.01. The lowest BCUT2D eigenvalue weighted by Gasteiger charge is -2.23. The van der Waals surface area contributed by atoms with Gasteiger partial charge in [-0.2, -0.15) is 0 Å². The number of nitrogens with two attached hydrogens (primary N) is 1. The summed E-state index contributed by atoms with van der Waals surface area (Å²) in [6.45, 7) is 0. The molecule has 1 atom stereocenters. The number of methoxy groups -OCH3 is 2. The highest BCUT2D eigenvalue weighted by molar-refractivity contribution is 5.17.